The van der Waals surface area contributed by atoms with Gasteiger partial charge in [0.2, 0.25) is 5.95 Å². The standard InChI is InChI=1S/C10H12BrN7O2/c1-3-4-12-10-13-5-6(18(19)20)7(14-10)8-9(11)15-16-17(8)2/h5H,3-4H2,1-2H3,(H,12,13,14). The SMILES string of the molecule is CCCNc1ncc([N+](=O)[O-])c(-c2c(Br)nnn2C)n1. The summed E-state index contributed by atoms with van der Waals surface area (Å²) in [5.74, 6) is 0.334. The first-order valence-electron chi connectivity index (χ1n) is 5.85. The summed E-state index contributed by atoms with van der Waals surface area (Å²) in [4.78, 5) is 18.7. The quantitative estimate of drug-likeness (QED) is 0.651. The van der Waals surface area contributed by atoms with E-state index in [0.29, 0.717) is 22.8 Å². The average molecular weight is 342 g/mol. The maximum atomic E-state index is 11.1. The van der Waals surface area contributed by atoms with Crippen LogP contribution in [0.2, 0.25) is 0 Å². The fourth-order valence-electron chi connectivity index (χ4n) is 1.59. The second-order valence-corrected chi connectivity index (χ2v) is 4.71. The molecule has 0 atom stereocenters. The normalized spacial score (nSPS) is 10.6. The minimum atomic E-state index is -0.529. The number of hydrogen-bond donors (Lipinski definition) is 1. The lowest BCUT2D eigenvalue weighted by Crippen LogP contribution is -2.07. The van der Waals surface area contributed by atoms with Gasteiger partial charge in [0.25, 0.3) is 0 Å². The summed E-state index contributed by atoms with van der Waals surface area (Å²) in [5.41, 5.74) is 0.403. The molecule has 0 bridgehead atoms. The van der Waals surface area contributed by atoms with Crippen LogP contribution in [0.4, 0.5) is 11.6 Å². The van der Waals surface area contributed by atoms with Crippen LogP contribution >= 0.6 is 15.9 Å². The van der Waals surface area contributed by atoms with Crippen LogP contribution in [0, 0.1) is 10.1 Å². The zero-order valence-electron chi connectivity index (χ0n) is 10.9. The molecule has 0 saturated carbocycles. The first kappa shape index (κ1) is 14.3. The van der Waals surface area contributed by atoms with E-state index in [-0.39, 0.29) is 11.4 Å². The van der Waals surface area contributed by atoms with Crippen LogP contribution < -0.4 is 5.32 Å². The highest BCUT2D eigenvalue weighted by atomic mass is 79.9. The molecule has 2 rings (SSSR count). The molecule has 0 aliphatic heterocycles. The summed E-state index contributed by atoms with van der Waals surface area (Å²) < 4.78 is 1.81. The number of nitrogens with zero attached hydrogens (tertiary/aromatic N) is 6. The Hall–Kier alpha value is -2.10. The molecule has 0 amide bonds. The third-order valence-electron chi connectivity index (χ3n) is 2.51. The van der Waals surface area contributed by atoms with Crippen LogP contribution in [0.25, 0.3) is 11.4 Å². The van der Waals surface area contributed by atoms with Crippen molar-refractivity contribution in [3.05, 3.63) is 20.9 Å². The fourth-order valence-corrected chi connectivity index (χ4v) is 2.10. The summed E-state index contributed by atoms with van der Waals surface area (Å²) in [5, 5.41) is 21.7. The van der Waals surface area contributed by atoms with Crippen LogP contribution in [0.15, 0.2) is 10.8 Å². The van der Waals surface area contributed by atoms with E-state index in [1.54, 1.807) is 7.05 Å². The van der Waals surface area contributed by atoms with Gasteiger partial charge in [-0.05, 0) is 22.4 Å². The summed E-state index contributed by atoms with van der Waals surface area (Å²) in [6.45, 7) is 2.68. The number of aromatic nitrogens is 5. The van der Waals surface area contributed by atoms with E-state index in [1.165, 1.54) is 10.9 Å². The van der Waals surface area contributed by atoms with Crippen LogP contribution in [-0.2, 0) is 7.05 Å². The molecule has 106 valence electrons. The molecule has 0 fully saturated rings. The molecular formula is C10H12BrN7O2. The van der Waals surface area contributed by atoms with Gasteiger partial charge in [-0.25, -0.2) is 14.6 Å². The molecule has 0 aromatic carbocycles. The molecule has 10 heteroatoms. The van der Waals surface area contributed by atoms with Gasteiger partial charge in [0, 0.05) is 13.6 Å². The van der Waals surface area contributed by atoms with Gasteiger partial charge in [0.1, 0.15) is 11.9 Å². The van der Waals surface area contributed by atoms with Crippen molar-refractivity contribution in [2.75, 3.05) is 11.9 Å². The zero-order chi connectivity index (χ0) is 14.7. The lowest BCUT2D eigenvalue weighted by atomic mass is 10.3. The summed E-state index contributed by atoms with van der Waals surface area (Å²) >= 11 is 3.22. The molecule has 1 N–H and O–H groups in total. The van der Waals surface area contributed by atoms with Crippen molar-refractivity contribution in [3.8, 4) is 11.4 Å². The predicted molar refractivity (Wildman–Crippen MR) is 75.2 cm³/mol. The number of hydrogen-bond acceptors (Lipinski definition) is 7. The van der Waals surface area contributed by atoms with Gasteiger partial charge in [-0.2, -0.15) is 0 Å². The minimum absolute atomic E-state index is 0.169. The van der Waals surface area contributed by atoms with E-state index >= 15 is 0 Å². The highest BCUT2D eigenvalue weighted by Crippen LogP contribution is 2.31. The maximum Gasteiger partial charge on any atom is 0.315 e. The highest BCUT2D eigenvalue weighted by molar-refractivity contribution is 9.10. The molecule has 9 nitrogen and oxygen atoms in total. The van der Waals surface area contributed by atoms with Gasteiger partial charge in [-0.15, -0.1) is 5.10 Å². The van der Waals surface area contributed by atoms with E-state index in [9.17, 15) is 10.1 Å². The Morgan fingerprint density at radius 2 is 2.30 bits per heavy atom. The first-order valence-corrected chi connectivity index (χ1v) is 6.64. The van der Waals surface area contributed by atoms with Crippen molar-refractivity contribution in [1.82, 2.24) is 25.0 Å². The zero-order valence-corrected chi connectivity index (χ0v) is 12.5. The van der Waals surface area contributed by atoms with E-state index in [0.717, 1.165) is 6.42 Å². The first-order chi connectivity index (χ1) is 9.54. The lowest BCUT2D eigenvalue weighted by molar-refractivity contribution is -0.384. The Morgan fingerprint density at radius 1 is 1.55 bits per heavy atom. The molecule has 20 heavy (non-hydrogen) atoms. The maximum absolute atomic E-state index is 11.1. The van der Waals surface area contributed by atoms with Crippen molar-refractivity contribution in [2.24, 2.45) is 7.05 Å². The molecule has 0 spiro atoms. The monoisotopic (exact) mass is 341 g/mol. The molecular weight excluding hydrogens is 330 g/mol. The van der Waals surface area contributed by atoms with Gasteiger partial charge >= 0.3 is 5.69 Å². The van der Waals surface area contributed by atoms with E-state index in [1.807, 2.05) is 6.92 Å². The van der Waals surface area contributed by atoms with Gasteiger partial charge in [-0.1, -0.05) is 12.1 Å². The number of nitro groups is 1. The lowest BCUT2D eigenvalue weighted by Gasteiger charge is -2.06. The average Bonchev–Trinajstić information content (AvgIpc) is 2.75. The molecule has 2 aromatic heterocycles. The minimum Gasteiger partial charge on any atom is -0.354 e. The smallest absolute Gasteiger partial charge is 0.315 e. The summed E-state index contributed by atoms with van der Waals surface area (Å²) in [7, 11) is 1.64. The number of anilines is 1. The van der Waals surface area contributed by atoms with Gasteiger partial charge in [0.15, 0.2) is 10.3 Å². The largest absolute Gasteiger partial charge is 0.354 e. The Bertz CT molecular complexity index is 623. The number of aryl methyl sites for hydroxylation is 1. The van der Waals surface area contributed by atoms with Crippen LogP contribution in [-0.4, -0.2) is 36.4 Å². The molecule has 0 saturated heterocycles. The van der Waals surface area contributed by atoms with Crippen LogP contribution in [0.5, 0.6) is 0 Å². The van der Waals surface area contributed by atoms with Crippen molar-refractivity contribution in [3.63, 3.8) is 0 Å². The fraction of sp³-hybridized carbons (Fsp3) is 0.400. The predicted octanol–water partition coefficient (Wildman–Crippen LogP) is 1.76. The van der Waals surface area contributed by atoms with Crippen molar-refractivity contribution in [1.29, 1.82) is 0 Å². The van der Waals surface area contributed by atoms with E-state index in [4.69, 9.17) is 0 Å². The van der Waals surface area contributed by atoms with Gasteiger partial charge in [0.05, 0.1) is 4.92 Å². The van der Waals surface area contributed by atoms with Crippen molar-refractivity contribution >= 4 is 27.6 Å². The topological polar surface area (TPSA) is 112 Å². The van der Waals surface area contributed by atoms with Crippen molar-refractivity contribution < 1.29 is 4.92 Å². The Kier molecular flexibility index (Phi) is 4.23. The van der Waals surface area contributed by atoms with Crippen molar-refractivity contribution in [2.45, 2.75) is 13.3 Å². The van der Waals surface area contributed by atoms with E-state index < -0.39 is 4.92 Å². The molecule has 0 aliphatic carbocycles. The second kappa shape index (κ2) is 5.90. The van der Waals surface area contributed by atoms with Gasteiger partial charge < -0.3 is 5.32 Å². The number of rotatable bonds is 5. The number of halogens is 1. The van der Waals surface area contributed by atoms with E-state index in [2.05, 4.69) is 41.5 Å². The van der Waals surface area contributed by atoms with Crippen LogP contribution in [0.3, 0.4) is 0 Å². The Labute approximate surface area is 122 Å². The third kappa shape index (κ3) is 2.74. The third-order valence-corrected chi connectivity index (χ3v) is 3.04. The highest BCUT2D eigenvalue weighted by Gasteiger charge is 2.24. The molecule has 2 aromatic rings. The molecule has 0 radical (unpaired) electrons. The number of nitrogens with one attached hydrogen (secondary N) is 1. The molecule has 0 unspecified atom stereocenters. The Morgan fingerprint density at radius 3 is 2.85 bits per heavy atom. The second-order valence-electron chi connectivity index (χ2n) is 3.96. The summed E-state index contributed by atoms with van der Waals surface area (Å²) in [6, 6.07) is 0. The molecule has 2 heterocycles. The van der Waals surface area contributed by atoms with Gasteiger partial charge in [-0.3, -0.25) is 10.1 Å². The Balaban J connectivity index is 2.55. The summed E-state index contributed by atoms with van der Waals surface area (Å²) in [6.07, 6.45) is 2.08. The van der Waals surface area contributed by atoms with Crippen LogP contribution in [0.1, 0.15) is 13.3 Å². The molecule has 0 aliphatic rings.